The second-order valence-electron chi connectivity index (χ2n) is 5.18. The van der Waals surface area contributed by atoms with Crippen molar-refractivity contribution in [2.45, 2.75) is 45.3 Å². The maximum Gasteiger partial charge on any atom is 0.387 e. The summed E-state index contributed by atoms with van der Waals surface area (Å²) in [7, 11) is 0. The second kappa shape index (κ2) is 6.85. The average molecular weight is 269 g/mol. The van der Waals surface area contributed by atoms with Crippen LogP contribution in [0.25, 0.3) is 0 Å². The third-order valence-electron chi connectivity index (χ3n) is 3.83. The lowest BCUT2D eigenvalue weighted by Gasteiger charge is -2.26. The number of rotatable bonds is 7. The smallest absolute Gasteiger partial charge is 0.387 e. The SMILES string of the molecule is CC(NCCC1CCC1)c1ccccc1OC(F)F. The Morgan fingerprint density at radius 3 is 2.68 bits per heavy atom. The molecule has 0 heterocycles. The van der Waals surface area contributed by atoms with E-state index >= 15 is 0 Å². The van der Waals surface area contributed by atoms with Crippen molar-refractivity contribution in [3.63, 3.8) is 0 Å². The number of halogens is 2. The van der Waals surface area contributed by atoms with Crippen LogP contribution in [-0.2, 0) is 0 Å². The van der Waals surface area contributed by atoms with E-state index in [9.17, 15) is 8.78 Å². The van der Waals surface area contributed by atoms with E-state index in [4.69, 9.17) is 0 Å². The Labute approximate surface area is 113 Å². The molecule has 0 saturated heterocycles. The minimum absolute atomic E-state index is 0.0232. The molecular formula is C15H21F2NO. The molecule has 0 spiro atoms. The predicted octanol–water partition coefficient (Wildman–Crippen LogP) is 4.13. The van der Waals surface area contributed by atoms with Gasteiger partial charge in [-0.3, -0.25) is 0 Å². The molecule has 1 atom stereocenters. The van der Waals surface area contributed by atoms with Crippen LogP contribution in [-0.4, -0.2) is 13.2 Å². The molecule has 106 valence electrons. The summed E-state index contributed by atoms with van der Waals surface area (Å²) in [5.41, 5.74) is 0.788. The lowest BCUT2D eigenvalue weighted by molar-refractivity contribution is -0.0506. The van der Waals surface area contributed by atoms with Crippen molar-refractivity contribution < 1.29 is 13.5 Å². The molecule has 1 fully saturated rings. The van der Waals surface area contributed by atoms with Crippen LogP contribution in [0.5, 0.6) is 5.75 Å². The van der Waals surface area contributed by atoms with Gasteiger partial charge >= 0.3 is 6.61 Å². The Morgan fingerprint density at radius 2 is 2.05 bits per heavy atom. The van der Waals surface area contributed by atoms with Gasteiger partial charge < -0.3 is 10.1 Å². The molecule has 2 rings (SSSR count). The summed E-state index contributed by atoms with van der Waals surface area (Å²) in [5.74, 6) is 1.12. The molecule has 1 aromatic rings. The van der Waals surface area contributed by atoms with Gasteiger partial charge in [0.15, 0.2) is 0 Å². The fraction of sp³-hybridized carbons (Fsp3) is 0.600. The van der Waals surface area contributed by atoms with Gasteiger partial charge in [0.05, 0.1) is 0 Å². The zero-order valence-electron chi connectivity index (χ0n) is 11.2. The summed E-state index contributed by atoms with van der Waals surface area (Å²) in [6, 6.07) is 7.00. The average Bonchev–Trinajstić information content (AvgIpc) is 2.32. The van der Waals surface area contributed by atoms with Crippen LogP contribution in [0.4, 0.5) is 8.78 Å². The monoisotopic (exact) mass is 269 g/mol. The van der Waals surface area contributed by atoms with Gasteiger partial charge in [-0.05, 0) is 31.9 Å². The first-order chi connectivity index (χ1) is 9.16. The van der Waals surface area contributed by atoms with Crippen LogP contribution in [0.2, 0.25) is 0 Å². The Bertz CT molecular complexity index is 393. The molecule has 1 saturated carbocycles. The minimum atomic E-state index is -2.77. The highest BCUT2D eigenvalue weighted by Crippen LogP contribution is 2.30. The van der Waals surface area contributed by atoms with Crippen LogP contribution in [0.15, 0.2) is 24.3 Å². The lowest BCUT2D eigenvalue weighted by Crippen LogP contribution is -2.24. The van der Waals surface area contributed by atoms with Gasteiger partial charge in [0, 0.05) is 11.6 Å². The van der Waals surface area contributed by atoms with Gasteiger partial charge in [0.25, 0.3) is 0 Å². The fourth-order valence-electron chi connectivity index (χ4n) is 2.44. The summed E-state index contributed by atoms with van der Waals surface area (Å²) in [6.07, 6.45) is 5.19. The third kappa shape index (κ3) is 4.16. The fourth-order valence-corrected chi connectivity index (χ4v) is 2.44. The second-order valence-corrected chi connectivity index (χ2v) is 5.18. The van der Waals surface area contributed by atoms with Crippen molar-refractivity contribution in [3.05, 3.63) is 29.8 Å². The number of hydrogen-bond donors (Lipinski definition) is 1. The van der Waals surface area contributed by atoms with Crippen LogP contribution in [0.3, 0.4) is 0 Å². The molecule has 0 aromatic heterocycles. The Hall–Kier alpha value is -1.16. The first kappa shape index (κ1) is 14.3. The number of hydrogen-bond acceptors (Lipinski definition) is 2. The largest absolute Gasteiger partial charge is 0.434 e. The van der Waals surface area contributed by atoms with Crippen molar-refractivity contribution >= 4 is 0 Å². The van der Waals surface area contributed by atoms with Gasteiger partial charge in [0.1, 0.15) is 5.75 Å². The van der Waals surface area contributed by atoms with E-state index < -0.39 is 6.61 Å². The van der Waals surface area contributed by atoms with E-state index in [-0.39, 0.29) is 11.8 Å². The molecule has 0 bridgehead atoms. The highest BCUT2D eigenvalue weighted by atomic mass is 19.3. The Morgan fingerprint density at radius 1 is 1.32 bits per heavy atom. The van der Waals surface area contributed by atoms with Crippen molar-refractivity contribution in [1.29, 1.82) is 0 Å². The highest BCUT2D eigenvalue weighted by molar-refractivity contribution is 5.35. The van der Waals surface area contributed by atoms with E-state index in [1.54, 1.807) is 12.1 Å². The van der Waals surface area contributed by atoms with Gasteiger partial charge in [-0.2, -0.15) is 8.78 Å². The van der Waals surface area contributed by atoms with E-state index in [2.05, 4.69) is 10.1 Å². The highest BCUT2D eigenvalue weighted by Gasteiger charge is 2.18. The summed E-state index contributed by atoms with van der Waals surface area (Å²) in [6.45, 7) is 0.131. The molecular weight excluding hydrogens is 248 g/mol. The molecule has 1 aliphatic rings. The topological polar surface area (TPSA) is 21.3 Å². The van der Waals surface area contributed by atoms with Crippen LogP contribution < -0.4 is 10.1 Å². The third-order valence-corrected chi connectivity index (χ3v) is 3.83. The number of nitrogens with one attached hydrogen (secondary N) is 1. The molecule has 1 aromatic carbocycles. The normalized spacial score (nSPS) is 17.3. The summed E-state index contributed by atoms with van der Waals surface area (Å²) in [5, 5.41) is 3.39. The molecule has 19 heavy (non-hydrogen) atoms. The van der Waals surface area contributed by atoms with Crippen LogP contribution in [0, 0.1) is 5.92 Å². The Kier molecular flexibility index (Phi) is 5.14. The first-order valence-corrected chi connectivity index (χ1v) is 6.94. The summed E-state index contributed by atoms with van der Waals surface area (Å²) in [4.78, 5) is 0. The zero-order chi connectivity index (χ0) is 13.7. The van der Waals surface area contributed by atoms with E-state index in [0.29, 0.717) is 0 Å². The van der Waals surface area contributed by atoms with E-state index in [0.717, 1.165) is 18.0 Å². The quantitative estimate of drug-likeness (QED) is 0.803. The van der Waals surface area contributed by atoms with Crippen molar-refractivity contribution in [3.8, 4) is 5.75 Å². The predicted molar refractivity (Wildman–Crippen MR) is 71.4 cm³/mol. The molecule has 1 aliphatic carbocycles. The van der Waals surface area contributed by atoms with Crippen molar-refractivity contribution in [1.82, 2.24) is 5.32 Å². The number of benzene rings is 1. The molecule has 0 aliphatic heterocycles. The standard InChI is InChI=1S/C15H21F2NO/c1-11(18-10-9-12-5-4-6-12)13-7-2-3-8-14(13)19-15(16)17/h2-3,7-8,11-12,15,18H,4-6,9-10H2,1H3. The molecule has 2 nitrogen and oxygen atoms in total. The molecule has 1 unspecified atom stereocenters. The molecule has 0 radical (unpaired) electrons. The van der Waals surface area contributed by atoms with E-state index in [1.807, 2.05) is 19.1 Å². The van der Waals surface area contributed by atoms with Crippen molar-refractivity contribution in [2.24, 2.45) is 5.92 Å². The number of alkyl halides is 2. The number of para-hydroxylation sites is 1. The van der Waals surface area contributed by atoms with Gasteiger partial charge in [0.2, 0.25) is 0 Å². The lowest BCUT2D eigenvalue weighted by atomic mass is 9.83. The molecule has 0 amide bonds. The molecule has 1 N–H and O–H groups in total. The summed E-state index contributed by atoms with van der Waals surface area (Å²) < 4.78 is 29.2. The summed E-state index contributed by atoms with van der Waals surface area (Å²) >= 11 is 0. The Balaban J connectivity index is 1.87. The minimum Gasteiger partial charge on any atom is -0.434 e. The molecule has 4 heteroatoms. The maximum atomic E-state index is 12.3. The number of ether oxygens (including phenoxy) is 1. The first-order valence-electron chi connectivity index (χ1n) is 6.94. The van der Waals surface area contributed by atoms with Gasteiger partial charge in [-0.25, -0.2) is 0 Å². The van der Waals surface area contributed by atoms with Gasteiger partial charge in [-0.1, -0.05) is 37.5 Å². The van der Waals surface area contributed by atoms with Crippen LogP contribution in [0.1, 0.15) is 44.2 Å². The van der Waals surface area contributed by atoms with Crippen LogP contribution >= 0.6 is 0 Å². The van der Waals surface area contributed by atoms with Gasteiger partial charge in [-0.15, -0.1) is 0 Å². The maximum absolute atomic E-state index is 12.3. The zero-order valence-corrected chi connectivity index (χ0v) is 11.2. The van der Waals surface area contributed by atoms with Crippen molar-refractivity contribution in [2.75, 3.05) is 6.54 Å². The van der Waals surface area contributed by atoms with E-state index in [1.165, 1.54) is 25.7 Å².